The van der Waals surface area contributed by atoms with Crippen LogP contribution in [0.25, 0.3) is 0 Å². The fourth-order valence-electron chi connectivity index (χ4n) is 5.24. The van der Waals surface area contributed by atoms with Gasteiger partial charge in [0.2, 0.25) is 11.8 Å². The van der Waals surface area contributed by atoms with Crippen LogP contribution in [-0.2, 0) is 26.0 Å². The highest BCUT2D eigenvalue weighted by atomic mass is 35.5. The predicted octanol–water partition coefficient (Wildman–Crippen LogP) is 4.65. The molecule has 2 N–H and O–H groups in total. The van der Waals surface area contributed by atoms with Gasteiger partial charge in [0.15, 0.2) is 8.32 Å². The van der Waals surface area contributed by atoms with Gasteiger partial charge in [-0.1, -0.05) is 62.7 Å². The van der Waals surface area contributed by atoms with E-state index in [-0.39, 0.29) is 16.9 Å². The van der Waals surface area contributed by atoms with E-state index in [0.29, 0.717) is 17.9 Å². The summed E-state index contributed by atoms with van der Waals surface area (Å²) in [4.78, 5) is 28.9. The molecule has 0 aromatic heterocycles. The first-order valence-corrected chi connectivity index (χ1v) is 15.1. The molecule has 0 bridgehead atoms. The van der Waals surface area contributed by atoms with Crippen molar-refractivity contribution in [2.24, 2.45) is 0 Å². The van der Waals surface area contributed by atoms with Crippen molar-refractivity contribution in [2.45, 2.75) is 75.6 Å². The van der Waals surface area contributed by atoms with Crippen LogP contribution >= 0.6 is 11.6 Å². The number of hydrogen-bond donors (Lipinski definition) is 2. The molecule has 3 aliphatic heterocycles. The topological polar surface area (TPSA) is 70.7 Å². The molecule has 34 heavy (non-hydrogen) atoms. The van der Waals surface area contributed by atoms with Crippen molar-refractivity contribution in [3.05, 3.63) is 64.7 Å². The van der Waals surface area contributed by atoms with E-state index in [4.69, 9.17) is 16.0 Å². The molecule has 0 radical (unpaired) electrons. The molecule has 3 heterocycles. The summed E-state index contributed by atoms with van der Waals surface area (Å²) in [7, 11) is -2.29. The Balaban J connectivity index is 1.56. The summed E-state index contributed by atoms with van der Waals surface area (Å²) in [6, 6.07) is 14.3. The van der Waals surface area contributed by atoms with Crippen molar-refractivity contribution in [2.75, 3.05) is 5.32 Å². The SMILES string of the molecule is CC(C)(C)[Si](C)(C)O[C@]12C[C@H]3C(=O)N[C@H](Cc4ccccc4)C(=O)N3[C@H]1Nc1ccc(Cl)cc12. The highest BCUT2D eigenvalue weighted by Crippen LogP contribution is 2.56. The quantitative estimate of drug-likeness (QED) is 0.603. The van der Waals surface area contributed by atoms with Crippen molar-refractivity contribution in [3.63, 3.8) is 0 Å². The fraction of sp³-hybridized carbons (Fsp3) is 0.462. The molecule has 3 aliphatic rings. The maximum absolute atomic E-state index is 13.8. The summed E-state index contributed by atoms with van der Waals surface area (Å²) in [5.41, 5.74) is 2.02. The third kappa shape index (κ3) is 3.56. The smallest absolute Gasteiger partial charge is 0.247 e. The number of benzene rings is 2. The lowest BCUT2D eigenvalue weighted by atomic mass is 9.91. The number of anilines is 1. The Bertz CT molecular complexity index is 1150. The molecule has 180 valence electrons. The van der Waals surface area contributed by atoms with Crippen LogP contribution in [0, 0.1) is 0 Å². The molecular formula is C26H32ClN3O3Si. The van der Waals surface area contributed by atoms with Gasteiger partial charge in [0, 0.05) is 29.1 Å². The summed E-state index contributed by atoms with van der Waals surface area (Å²) in [6.45, 7) is 11.0. The van der Waals surface area contributed by atoms with E-state index >= 15 is 0 Å². The lowest BCUT2D eigenvalue weighted by Crippen LogP contribution is -2.64. The first kappa shape index (κ1) is 23.4. The molecule has 2 fully saturated rings. The number of carbonyl (C=O) groups is 2. The minimum absolute atomic E-state index is 0.0428. The lowest BCUT2D eigenvalue weighted by molar-refractivity contribution is -0.149. The highest BCUT2D eigenvalue weighted by Gasteiger charge is 2.65. The van der Waals surface area contributed by atoms with E-state index in [1.807, 2.05) is 48.5 Å². The van der Waals surface area contributed by atoms with Gasteiger partial charge in [0.05, 0.1) is 0 Å². The Morgan fingerprint density at radius 2 is 1.82 bits per heavy atom. The molecule has 2 aromatic rings. The van der Waals surface area contributed by atoms with Gasteiger partial charge in [-0.15, -0.1) is 0 Å². The van der Waals surface area contributed by atoms with Gasteiger partial charge in [-0.2, -0.15) is 0 Å². The number of fused-ring (bicyclic) bond motifs is 5. The second-order valence-corrected chi connectivity index (χ2v) is 16.4. The van der Waals surface area contributed by atoms with E-state index in [1.165, 1.54) is 0 Å². The van der Waals surface area contributed by atoms with Crippen molar-refractivity contribution in [1.29, 1.82) is 0 Å². The number of amides is 2. The van der Waals surface area contributed by atoms with E-state index < -0.39 is 32.2 Å². The Morgan fingerprint density at radius 1 is 1.12 bits per heavy atom. The van der Waals surface area contributed by atoms with E-state index in [1.54, 1.807) is 4.90 Å². The van der Waals surface area contributed by atoms with E-state index in [9.17, 15) is 9.59 Å². The van der Waals surface area contributed by atoms with Crippen molar-refractivity contribution < 1.29 is 14.0 Å². The molecule has 5 rings (SSSR count). The Kier molecular flexibility index (Phi) is 5.39. The molecule has 4 atom stereocenters. The number of carbonyl (C=O) groups excluding carboxylic acids is 2. The first-order valence-electron chi connectivity index (χ1n) is 11.9. The average Bonchev–Trinajstić information content (AvgIpc) is 3.22. The fourth-order valence-corrected chi connectivity index (χ4v) is 6.94. The molecule has 0 aliphatic carbocycles. The highest BCUT2D eigenvalue weighted by molar-refractivity contribution is 6.74. The maximum atomic E-state index is 13.8. The maximum Gasteiger partial charge on any atom is 0.247 e. The number of piperazine rings is 1. The minimum Gasteiger partial charge on any atom is -0.403 e. The molecule has 0 saturated carbocycles. The van der Waals surface area contributed by atoms with Gasteiger partial charge in [-0.3, -0.25) is 9.59 Å². The first-order chi connectivity index (χ1) is 15.9. The standard InChI is InChI=1S/C26H32ClN3O3Si/c1-25(2,3)34(4,5)33-26-15-21-22(31)28-20(13-16-9-7-6-8-10-16)23(32)30(21)24(26)29-19-12-11-17(27)14-18(19)26/h6-12,14,20-21,24,29H,13,15H2,1-5H3,(H,28,31)/t20-,21+,24-,26+/m1/s1. The van der Waals surface area contributed by atoms with Crippen LogP contribution in [0.4, 0.5) is 5.69 Å². The molecule has 2 aromatic carbocycles. The zero-order valence-corrected chi connectivity index (χ0v) is 22.1. The molecular weight excluding hydrogens is 466 g/mol. The third-order valence-electron chi connectivity index (χ3n) is 7.98. The number of halogens is 1. The Morgan fingerprint density at radius 3 is 2.50 bits per heavy atom. The molecule has 0 unspecified atom stereocenters. The van der Waals surface area contributed by atoms with Gasteiger partial charge in [-0.05, 0) is 41.9 Å². The van der Waals surface area contributed by atoms with Crippen LogP contribution < -0.4 is 10.6 Å². The molecule has 2 saturated heterocycles. The summed E-state index contributed by atoms with van der Waals surface area (Å²) in [6.07, 6.45) is 0.396. The van der Waals surface area contributed by atoms with Gasteiger partial charge < -0.3 is 20.0 Å². The summed E-state index contributed by atoms with van der Waals surface area (Å²) in [5.74, 6) is -0.205. The lowest BCUT2D eigenvalue weighted by Gasteiger charge is -2.45. The van der Waals surface area contributed by atoms with Crippen LogP contribution in [0.1, 0.15) is 38.3 Å². The molecule has 2 amide bonds. The normalized spacial score (nSPS) is 28.2. The predicted molar refractivity (Wildman–Crippen MR) is 136 cm³/mol. The molecule has 8 heteroatoms. The van der Waals surface area contributed by atoms with Crippen LogP contribution in [0.5, 0.6) is 0 Å². The third-order valence-corrected chi connectivity index (χ3v) is 12.7. The second-order valence-electron chi connectivity index (χ2n) is 11.2. The largest absolute Gasteiger partial charge is 0.403 e. The van der Waals surface area contributed by atoms with Gasteiger partial charge in [-0.25, -0.2) is 0 Å². The average molecular weight is 498 g/mol. The molecule has 0 spiro atoms. The van der Waals surface area contributed by atoms with Gasteiger partial charge >= 0.3 is 0 Å². The number of hydrogen-bond acceptors (Lipinski definition) is 4. The van der Waals surface area contributed by atoms with Crippen molar-refractivity contribution in [1.82, 2.24) is 10.2 Å². The Labute approximate surface area is 207 Å². The zero-order chi connectivity index (χ0) is 24.5. The summed E-state index contributed by atoms with van der Waals surface area (Å²) >= 11 is 6.43. The van der Waals surface area contributed by atoms with Crippen LogP contribution in [-0.4, -0.2) is 43.3 Å². The Hall–Kier alpha value is -2.35. The zero-order valence-electron chi connectivity index (χ0n) is 20.3. The minimum atomic E-state index is -2.29. The van der Waals surface area contributed by atoms with Gasteiger partial charge in [0.25, 0.3) is 0 Å². The van der Waals surface area contributed by atoms with Crippen molar-refractivity contribution >= 4 is 37.4 Å². The van der Waals surface area contributed by atoms with E-state index in [0.717, 1.165) is 16.8 Å². The van der Waals surface area contributed by atoms with Crippen LogP contribution in [0.3, 0.4) is 0 Å². The van der Waals surface area contributed by atoms with Gasteiger partial charge in [0.1, 0.15) is 23.9 Å². The number of rotatable bonds is 4. The summed E-state index contributed by atoms with van der Waals surface area (Å²) < 4.78 is 7.14. The van der Waals surface area contributed by atoms with Crippen molar-refractivity contribution in [3.8, 4) is 0 Å². The van der Waals surface area contributed by atoms with Crippen LogP contribution in [0.2, 0.25) is 23.2 Å². The van der Waals surface area contributed by atoms with Crippen LogP contribution in [0.15, 0.2) is 48.5 Å². The molecule has 6 nitrogen and oxygen atoms in total. The summed E-state index contributed by atoms with van der Waals surface area (Å²) in [5, 5.41) is 7.10. The number of nitrogens with zero attached hydrogens (tertiary/aromatic N) is 1. The van der Waals surface area contributed by atoms with E-state index in [2.05, 4.69) is 44.5 Å². The number of nitrogens with one attached hydrogen (secondary N) is 2. The monoisotopic (exact) mass is 497 g/mol. The second kappa shape index (κ2) is 7.83.